The quantitative estimate of drug-likeness (QED) is 0.680. The van der Waals surface area contributed by atoms with Crippen LogP contribution in [0, 0.1) is 0 Å². The second-order valence-electron chi connectivity index (χ2n) is 2.45. The molecule has 1 heterocycles. The Morgan fingerprint density at radius 3 is 3.08 bits per heavy atom. The summed E-state index contributed by atoms with van der Waals surface area (Å²) in [6.45, 7) is 0. The molecule has 1 amide bonds. The summed E-state index contributed by atoms with van der Waals surface area (Å²) in [5.41, 5.74) is 3.19. The summed E-state index contributed by atoms with van der Waals surface area (Å²) in [4.78, 5) is 10.1. The molecule has 0 aromatic heterocycles. The minimum absolute atomic E-state index is 0.702. The number of hydrogen-bond donors (Lipinski definition) is 1. The van der Waals surface area contributed by atoms with Crippen molar-refractivity contribution in [2.45, 2.75) is 0 Å². The third-order valence-electron chi connectivity index (χ3n) is 1.70. The Morgan fingerprint density at radius 2 is 2.23 bits per heavy atom. The van der Waals surface area contributed by atoms with Gasteiger partial charge in [-0.2, -0.15) is 0 Å². The lowest BCUT2D eigenvalue weighted by Crippen LogP contribution is -2.33. The summed E-state index contributed by atoms with van der Waals surface area (Å²) >= 11 is 0. The van der Waals surface area contributed by atoms with Crippen LogP contribution in [-0.2, 0) is 4.79 Å². The zero-order valence-corrected chi connectivity index (χ0v) is 6.73. The average Bonchev–Trinajstić information content (AvgIpc) is 2.19. The zero-order chi connectivity index (χ0) is 9.10. The van der Waals surface area contributed by atoms with Crippen LogP contribution in [0.15, 0.2) is 36.7 Å². The molecule has 0 saturated carbocycles. The van der Waals surface area contributed by atoms with Crippen LogP contribution >= 0.6 is 0 Å². The van der Waals surface area contributed by atoms with Crippen molar-refractivity contribution in [3.05, 3.63) is 36.7 Å². The van der Waals surface area contributed by atoms with Gasteiger partial charge in [-0.3, -0.25) is 15.2 Å². The molecule has 13 heavy (non-hydrogen) atoms. The number of para-hydroxylation sites is 2. The van der Waals surface area contributed by atoms with Gasteiger partial charge in [0.1, 0.15) is 11.9 Å². The van der Waals surface area contributed by atoms with Gasteiger partial charge in [0.25, 0.3) is 0 Å². The highest BCUT2D eigenvalue weighted by atomic mass is 16.5. The first-order valence-electron chi connectivity index (χ1n) is 3.76. The number of ether oxygens (including phenoxy) is 1. The van der Waals surface area contributed by atoms with E-state index in [-0.39, 0.29) is 0 Å². The van der Waals surface area contributed by atoms with Crippen LogP contribution in [0.3, 0.4) is 0 Å². The molecule has 4 nitrogen and oxygen atoms in total. The summed E-state index contributed by atoms with van der Waals surface area (Å²) in [6, 6.07) is 7.38. The predicted molar refractivity (Wildman–Crippen MR) is 47.5 cm³/mol. The van der Waals surface area contributed by atoms with Gasteiger partial charge in [0.15, 0.2) is 5.75 Å². The number of fused-ring (bicyclic) bond motifs is 1. The molecule has 4 heteroatoms. The Bertz CT molecular complexity index is 349. The molecular weight excluding hydrogens is 168 g/mol. The van der Waals surface area contributed by atoms with Crippen LogP contribution in [0.25, 0.3) is 0 Å². The maximum atomic E-state index is 10.1. The highest BCUT2D eigenvalue weighted by Gasteiger charge is 2.12. The van der Waals surface area contributed by atoms with Crippen LogP contribution < -0.4 is 15.2 Å². The van der Waals surface area contributed by atoms with E-state index in [4.69, 9.17) is 4.74 Å². The number of hydrazine groups is 1. The lowest BCUT2D eigenvalue weighted by Gasteiger charge is -2.23. The zero-order valence-electron chi connectivity index (χ0n) is 6.73. The van der Waals surface area contributed by atoms with Gasteiger partial charge in [-0.15, -0.1) is 0 Å². The highest BCUT2D eigenvalue weighted by Crippen LogP contribution is 2.29. The van der Waals surface area contributed by atoms with Crippen molar-refractivity contribution in [1.29, 1.82) is 0 Å². The van der Waals surface area contributed by atoms with Gasteiger partial charge in [0.2, 0.25) is 0 Å². The number of amides is 1. The first kappa shape index (κ1) is 7.67. The van der Waals surface area contributed by atoms with Crippen molar-refractivity contribution in [2.75, 3.05) is 5.01 Å². The van der Waals surface area contributed by atoms with Crippen molar-refractivity contribution < 1.29 is 9.53 Å². The van der Waals surface area contributed by atoms with Crippen molar-refractivity contribution in [3.8, 4) is 5.75 Å². The van der Waals surface area contributed by atoms with Crippen molar-refractivity contribution in [1.82, 2.24) is 5.43 Å². The monoisotopic (exact) mass is 175 g/mol. The normalized spacial score (nSPS) is 13.1. The van der Waals surface area contributed by atoms with Crippen molar-refractivity contribution in [2.24, 2.45) is 0 Å². The van der Waals surface area contributed by atoms with E-state index in [1.807, 2.05) is 24.3 Å². The van der Waals surface area contributed by atoms with E-state index < -0.39 is 0 Å². The average molecular weight is 175 g/mol. The van der Waals surface area contributed by atoms with Crippen LogP contribution in [0.4, 0.5) is 5.69 Å². The topological polar surface area (TPSA) is 41.6 Å². The van der Waals surface area contributed by atoms with E-state index in [2.05, 4.69) is 5.43 Å². The van der Waals surface area contributed by atoms with Gasteiger partial charge in [-0.05, 0) is 12.1 Å². The largest absolute Gasteiger partial charge is 0.461 e. The van der Waals surface area contributed by atoms with E-state index in [0.717, 1.165) is 5.69 Å². The Labute approximate surface area is 75.4 Å². The van der Waals surface area contributed by atoms with Crippen LogP contribution in [0.1, 0.15) is 0 Å². The van der Waals surface area contributed by atoms with Crippen LogP contribution in [0.5, 0.6) is 5.75 Å². The van der Waals surface area contributed by atoms with Gasteiger partial charge >= 0.3 is 6.41 Å². The smallest absolute Gasteiger partial charge is 0.329 e. The first-order valence-corrected chi connectivity index (χ1v) is 3.76. The van der Waals surface area contributed by atoms with Gasteiger partial charge in [-0.1, -0.05) is 12.1 Å². The molecule has 1 aliphatic heterocycles. The minimum atomic E-state index is 0.702. The predicted octanol–water partition coefficient (Wildman–Crippen LogP) is 0.928. The maximum Gasteiger partial charge on any atom is 0.329 e. The Kier molecular flexibility index (Phi) is 1.88. The Hall–Kier alpha value is -1.97. The molecule has 0 saturated heterocycles. The second-order valence-corrected chi connectivity index (χ2v) is 2.45. The molecule has 0 spiro atoms. The maximum absolute atomic E-state index is 10.1. The first-order chi connectivity index (χ1) is 6.42. The fourth-order valence-corrected chi connectivity index (χ4v) is 1.15. The molecule has 1 aromatic rings. The number of benzene rings is 1. The molecule has 0 atom stereocenters. The number of anilines is 1. The molecule has 1 aliphatic rings. The van der Waals surface area contributed by atoms with E-state index in [1.54, 1.807) is 12.6 Å². The van der Waals surface area contributed by atoms with Crippen molar-refractivity contribution in [3.63, 3.8) is 0 Å². The van der Waals surface area contributed by atoms with E-state index in [1.165, 1.54) is 11.3 Å². The fourth-order valence-electron chi connectivity index (χ4n) is 1.15. The van der Waals surface area contributed by atoms with Crippen LogP contribution in [0.2, 0.25) is 0 Å². The molecule has 0 unspecified atom stereocenters. The summed E-state index contributed by atoms with van der Waals surface area (Å²) in [7, 11) is 0. The second kappa shape index (κ2) is 3.18. The summed E-state index contributed by atoms with van der Waals surface area (Å²) in [6.07, 6.45) is 4.69. The van der Waals surface area contributed by atoms with Gasteiger partial charge in [-0.25, -0.2) is 0 Å². The summed E-state index contributed by atoms with van der Waals surface area (Å²) in [5, 5.41) is 1.53. The molecule has 1 N–H and O–H groups in total. The third-order valence-corrected chi connectivity index (χ3v) is 1.70. The number of nitrogens with one attached hydrogen (secondary N) is 1. The molecule has 0 bridgehead atoms. The molecule has 2 rings (SSSR count). The summed E-state index contributed by atoms with van der Waals surface area (Å²) < 4.78 is 5.21. The molecular formula is C9H7N2O2. The number of hydrogen-bond acceptors (Lipinski definition) is 3. The van der Waals surface area contributed by atoms with E-state index in [0.29, 0.717) is 5.75 Å². The molecule has 0 aliphatic carbocycles. The SMILES string of the molecule is O=[C]NN1C=COc2ccccc21. The molecule has 1 aromatic carbocycles. The van der Waals surface area contributed by atoms with Crippen LogP contribution in [-0.4, -0.2) is 6.41 Å². The minimum Gasteiger partial charge on any atom is -0.461 e. The highest BCUT2D eigenvalue weighted by molar-refractivity contribution is 5.65. The Balaban J connectivity index is 2.36. The Morgan fingerprint density at radius 1 is 1.38 bits per heavy atom. The molecule has 0 fully saturated rings. The molecule has 1 radical (unpaired) electrons. The van der Waals surface area contributed by atoms with Gasteiger partial charge < -0.3 is 4.74 Å². The number of nitrogens with zero attached hydrogens (tertiary/aromatic N) is 1. The standard InChI is InChI=1S/C9H7N2O2/c12-7-10-11-5-6-13-9-4-2-1-3-8(9)11/h1-6H,(H,10,12). The number of carbonyl (C=O) groups excluding carboxylic acids is 1. The van der Waals surface area contributed by atoms with Gasteiger partial charge in [0, 0.05) is 0 Å². The van der Waals surface area contributed by atoms with Crippen molar-refractivity contribution >= 4 is 12.1 Å². The number of rotatable bonds is 2. The van der Waals surface area contributed by atoms with E-state index in [9.17, 15) is 4.79 Å². The fraction of sp³-hybridized carbons (Fsp3) is 0. The van der Waals surface area contributed by atoms with E-state index >= 15 is 0 Å². The third kappa shape index (κ3) is 1.33. The summed E-state index contributed by atoms with van der Waals surface area (Å²) in [5.74, 6) is 0.702. The lowest BCUT2D eigenvalue weighted by molar-refractivity contribution is 0.465. The molecule has 65 valence electrons. The van der Waals surface area contributed by atoms with Gasteiger partial charge in [0.05, 0.1) is 6.20 Å². The lowest BCUT2D eigenvalue weighted by atomic mass is 10.3.